The number of esters is 1. The summed E-state index contributed by atoms with van der Waals surface area (Å²) in [7, 11) is 1.50. The third-order valence-electron chi connectivity index (χ3n) is 1.99. The summed E-state index contributed by atoms with van der Waals surface area (Å²) in [5.41, 5.74) is 0.420. The molecule has 92 valence electrons. The van der Waals surface area contributed by atoms with Gasteiger partial charge in [0.25, 0.3) is 0 Å². The molecule has 0 aromatic heterocycles. The van der Waals surface area contributed by atoms with E-state index < -0.39 is 5.97 Å². The normalized spacial score (nSPS) is 11.1. The van der Waals surface area contributed by atoms with Gasteiger partial charge in [0.05, 0.1) is 24.8 Å². The van der Waals surface area contributed by atoms with Crippen LogP contribution in [-0.2, 0) is 9.53 Å². The Bertz CT molecular complexity index is 440. The summed E-state index contributed by atoms with van der Waals surface area (Å²) in [6, 6.07) is 4.70. The summed E-state index contributed by atoms with van der Waals surface area (Å²) in [5.74, 6) is -0.302. The minimum absolute atomic E-state index is 0.201. The van der Waals surface area contributed by atoms with Crippen molar-refractivity contribution in [1.29, 1.82) is 0 Å². The second-order valence-corrected chi connectivity index (χ2v) is 3.54. The molecule has 0 heterocycles. The predicted octanol–water partition coefficient (Wildman–Crippen LogP) is 2.81. The van der Waals surface area contributed by atoms with Crippen LogP contribution in [0.4, 0.5) is 0 Å². The maximum absolute atomic E-state index is 11.1. The van der Waals surface area contributed by atoms with Crippen LogP contribution in [0.3, 0.4) is 0 Å². The Kier molecular flexibility index (Phi) is 4.84. The molecule has 0 aliphatic rings. The molecule has 0 saturated heterocycles. The fourth-order valence-corrected chi connectivity index (χ4v) is 1.46. The van der Waals surface area contributed by atoms with Gasteiger partial charge in [0.15, 0.2) is 0 Å². The molecule has 4 nitrogen and oxygen atoms in total. The molecule has 0 amide bonds. The number of benzene rings is 1. The number of methoxy groups -OCH3 is 1. The molecule has 1 aromatic rings. The zero-order valence-corrected chi connectivity index (χ0v) is 10.3. The number of carbonyl (C=O) groups is 1. The average Bonchev–Trinajstić information content (AvgIpc) is 2.29. The van der Waals surface area contributed by atoms with Crippen molar-refractivity contribution in [3.05, 3.63) is 34.9 Å². The van der Waals surface area contributed by atoms with Gasteiger partial charge >= 0.3 is 5.97 Å². The molecular formula is C12H13ClO4. The largest absolute Gasteiger partial charge is 0.507 e. The number of aliphatic hydroxyl groups is 1. The van der Waals surface area contributed by atoms with E-state index in [1.54, 1.807) is 19.1 Å². The lowest BCUT2D eigenvalue weighted by atomic mass is 10.1. The maximum atomic E-state index is 11.1. The molecule has 0 aliphatic carbocycles. The summed E-state index contributed by atoms with van der Waals surface area (Å²) in [6.45, 7) is 1.94. The van der Waals surface area contributed by atoms with E-state index in [-0.39, 0.29) is 12.4 Å². The molecule has 17 heavy (non-hydrogen) atoms. The highest BCUT2D eigenvalue weighted by molar-refractivity contribution is 6.32. The summed E-state index contributed by atoms with van der Waals surface area (Å²) in [4.78, 5) is 11.1. The lowest BCUT2D eigenvalue weighted by Crippen LogP contribution is -2.01. The number of hydrogen-bond donors (Lipinski definition) is 1. The van der Waals surface area contributed by atoms with Crippen molar-refractivity contribution in [2.24, 2.45) is 0 Å². The number of rotatable bonds is 4. The van der Waals surface area contributed by atoms with Crippen LogP contribution >= 0.6 is 11.6 Å². The number of carbonyl (C=O) groups excluding carboxylic acids is 1. The van der Waals surface area contributed by atoms with Gasteiger partial charge in [0.2, 0.25) is 0 Å². The zero-order valence-electron chi connectivity index (χ0n) is 9.57. The average molecular weight is 257 g/mol. The second-order valence-electron chi connectivity index (χ2n) is 3.13. The molecule has 0 aliphatic heterocycles. The van der Waals surface area contributed by atoms with Crippen LogP contribution in [0.2, 0.25) is 5.02 Å². The third-order valence-corrected chi connectivity index (χ3v) is 2.28. The molecule has 0 saturated carbocycles. The quantitative estimate of drug-likeness (QED) is 0.511. The lowest BCUT2D eigenvalue weighted by molar-refractivity contribution is -0.137. The summed E-state index contributed by atoms with van der Waals surface area (Å²) < 4.78 is 9.65. The van der Waals surface area contributed by atoms with Crippen molar-refractivity contribution >= 4 is 23.3 Å². The molecule has 5 heteroatoms. The molecule has 0 bridgehead atoms. The van der Waals surface area contributed by atoms with Gasteiger partial charge in [-0.1, -0.05) is 11.6 Å². The second kappa shape index (κ2) is 6.15. The van der Waals surface area contributed by atoms with Crippen molar-refractivity contribution in [1.82, 2.24) is 0 Å². The molecule has 0 radical (unpaired) electrons. The fourth-order valence-electron chi connectivity index (χ4n) is 1.20. The Labute approximate surface area is 104 Å². The third kappa shape index (κ3) is 3.67. The van der Waals surface area contributed by atoms with E-state index in [4.69, 9.17) is 16.3 Å². The molecular weight excluding hydrogens is 244 g/mol. The molecule has 0 fully saturated rings. The van der Waals surface area contributed by atoms with Gasteiger partial charge in [-0.25, -0.2) is 4.79 Å². The van der Waals surface area contributed by atoms with E-state index in [9.17, 15) is 9.90 Å². The van der Waals surface area contributed by atoms with E-state index in [1.165, 1.54) is 13.2 Å². The molecule has 1 aromatic carbocycles. The fraction of sp³-hybridized carbons (Fsp3) is 0.250. The standard InChI is InChI=1S/C12H13ClO4/c1-3-17-12(15)7-10(14)8-4-5-11(16-2)9(13)6-8/h4-7,14H,3H2,1-2H3. The van der Waals surface area contributed by atoms with Crippen LogP contribution in [-0.4, -0.2) is 24.8 Å². The van der Waals surface area contributed by atoms with Crippen LogP contribution in [0, 0.1) is 0 Å². The smallest absolute Gasteiger partial charge is 0.334 e. The van der Waals surface area contributed by atoms with E-state index >= 15 is 0 Å². The van der Waals surface area contributed by atoms with Gasteiger partial charge in [-0.15, -0.1) is 0 Å². The number of aliphatic hydroxyl groups excluding tert-OH is 1. The number of ether oxygens (including phenoxy) is 2. The highest BCUT2D eigenvalue weighted by Gasteiger charge is 2.07. The van der Waals surface area contributed by atoms with Gasteiger partial charge in [-0.2, -0.15) is 0 Å². The van der Waals surface area contributed by atoms with Crippen LogP contribution in [0.5, 0.6) is 5.75 Å². The van der Waals surface area contributed by atoms with E-state index in [0.29, 0.717) is 16.3 Å². The van der Waals surface area contributed by atoms with Crippen molar-refractivity contribution in [2.45, 2.75) is 6.92 Å². The summed E-state index contributed by atoms with van der Waals surface area (Å²) >= 11 is 5.89. The molecule has 1 rings (SSSR count). The van der Waals surface area contributed by atoms with Gasteiger partial charge in [0.1, 0.15) is 11.5 Å². The topological polar surface area (TPSA) is 55.8 Å². The van der Waals surface area contributed by atoms with E-state index in [0.717, 1.165) is 6.08 Å². The van der Waals surface area contributed by atoms with Gasteiger partial charge in [-0.3, -0.25) is 0 Å². The molecule has 1 N–H and O–H groups in total. The molecule has 0 spiro atoms. The Morgan fingerprint density at radius 1 is 1.53 bits per heavy atom. The Hall–Kier alpha value is -1.68. The van der Waals surface area contributed by atoms with Crippen molar-refractivity contribution in [2.75, 3.05) is 13.7 Å². The van der Waals surface area contributed by atoms with Crippen LogP contribution < -0.4 is 4.74 Å². The Morgan fingerprint density at radius 2 is 2.24 bits per heavy atom. The van der Waals surface area contributed by atoms with Crippen LogP contribution in [0.25, 0.3) is 5.76 Å². The van der Waals surface area contributed by atoms with Crippen molar-refractivity contribution < 1.29 is 19.4 Å². The summed E-state index contributed by atoms with van der Waals surface area (Å²) in [5, 5.41) is 10.0. The minimum Gasteiger partial charge on any atom is -0.507 e. The lowest BCUT2D eigenvalue weighted by Gasteiger charge is -2.05. The molecule has 0 atom stereocenters. The van der Waals surface area contributed by atoms with Crippen molar-refractivity contribution in [3.8, 4) is 5.75 Å². The molecule has 0 unspecified atom stereocenters. The highest BCUT2D eigenvalue weighted by Crippen LogP contribution is 2.27. The van der Waals surface area contributed by atoms with Crippen LogP contribution in [0.15, 0.2) is 24.3 Å². The Balaban J connectivity index is 2.93. The first-order valence-electron chi connectivity index (χ1n) is 4.99. The van der Waals surface area contributed by atoms with Crippen molar-refractivity contribution in [3.63, 3.8) is 0 Å². The van der Waals surface area contributed by atoms with E-state index in [2.05, 4.69) is 4.74 Å². The first kappa shape index (κ1) is 13.4. The SMILES string of the molecule is CCOC(=O)C=C(O)c1ccc(OC)c(Cl)c1. The predicted molar refractivity (Wildman–Crippen MR) is 65.2 cm³/mol. The van der Waals surface area contributed by atoms with E-state index in [1.807, 2.05) is 0 Å². The monoisotopic (exact) mass is 256 g/mol. The Morgan fingerprint density at radius 3 is 2.76 bits per heavy atom. The zero-order chi connectivity index (χ0) is 12.8. The van der Waals surface area contributed by atoms with Crippen LogP contribution in [0.1, 0.15) is 12.5 Å². The minimum atomic E-state index is -0.600. The highest BCUT2D eigenvalue weighted by atomic mass is 35.5. The van der Waals surface area contributed by atoms with Gasteiger partial charge < -0.3 is 14.6 Å². The van der Waals surface area contributed by atoms with Gasteiger partial charge in [-0.05, 0) is 25.1 Å². The first-order chi connectivity index (χ1) is 8.08. The maximum Gasteiger partial charge on any atom is 0.334 e. The first-order valence-corrected chi connectivity index (χ1v) is 5.37. The number of halogens is 1. The van der Waals surface area contributed by atoms with Gasteiger partial charge in [0, 0.05) is 5.56 Å². The number of hydrogen-bond acceptors (Lipinski definition) is 4. The summed E-state index contributed by atoms with van der Waals surface area (Å²) in [6.07, 6.45) is 1.00.